The largest absolute Gasteiger partial charge is 0.497 e. The van der Waals surface area contributed by atoms with Crippen molar-refractivity contribution in [3.63, 3.8) is 0 Å². The monoisotopic (exact) mass is 284 g/mol. The van der Waals surface area contributed by atoms with Crippen LogP contribution in [0.5, 0.6) is 5.75 Å². The summed E-state index contributed by atoms with van der Waals surface area (Å²) in [5, 5.41) is 1.29. The number of para-hydroxylation sites is 1. The molecule has 0 radical (unpaired) electrons. The molecular weight excluding hydrogens is 268 g/mol. The highest BCUT2D eigenvalue weighted by molar-refractivity contribution is 6.12. The number of benzene rings is 2. The fourth-order valence-corrected chi connectivity index (χ4v) is 2.55. The van der Waals surface area contributed by atoms with E-state index in [4.69, 9.17) is 9.57 Å². The summed E-state index contributed by atoms with van der Waals surface area (Å²) < 4.78 is 5.25. The molecular formula is C16H16N2O3. The molecule has 0 N–H and O–H groups in total. The number of methoxy groups -OCH3 is 1. The van der Waals surface area contributed by atoms with Crippen molar-refractivity contribution in [2.75, 3.05) is 31.2 Å². The number of carbonyl (C=O) groups is 1. The molecule has 21 heavy (non-hydrogen) atoms. The van der Waals surface area contributed by atoms with Gasteiger partial charge in [-0.05, 0) is 24.3 Å². The first kappa shape index (κ1) is 13.5. The summed E-state index contributed by atoms with van der Waals surface area (Å²) in [6.45, 7) is 0. The Balaban J connectivity index is 2.27. The van der Waals surface area contributed by atoms with Crippen LogP contribution in [0.4, 0.5) is 17.1 Å². The minimum absolute atomic E-state index is 0.202. The Bertz CT molecular complexity index is 700. The maximum absolute atomic E-state index is 12.7. The van der Waals surface area contributed by atoms with Crippen molar-refractivity contribution in [3.8, 4) is 5.75 Å². The number of fused-ring (bicyclic) bond motifs is 2. The first-order valence-corrected chi connectivity index (χ1v) is 6.56. The molecule has 0 saturated carbocycles. The van der Waals surface area contributed by atoms with E-state index in [1.807, 2.05) is 42.3 Å². The Morgan fingerprint density at radius 2 is 1.71 bits per heavy atom. The molecule has 1 aliphatic rings. The Morgan fingerprint density at radius 1 is 0.952 bits per heavy atom. The highest BCUT2D eigenvalue weighted by atomic mass is 16.7. The number of hydrogen-bond donors (Lipinski definition) is 0. The zero-order chi connectivity index (χ0) is 15.0. The minimum Gasteiger partial charge on any atom is -0.497 e. The van der Waals surface area contributed by atoms with Crippen molar-refractivity contribution < 1.29 is 14.4 Å². The van der Waals surface area contributed by atoms with Crippen LogP contribution in [0, 0.1) is 0 Å². The zero-order valence-corrected chi connectivity index (χ0v) is 12.2. The summed E-state index contributed by atoms with van der Waals surface area (Å²) in [6, 6.07) is 13.0. The number of amides is 1. The zero-order valence-electron chi connectivity index (χ0n) is 12.2. The third kappa shape index (κ3) is 2.02. The second-order valence-electron chi connectivity index (χ2n) is 4.71. The third-order valence-electron chi connectivity index (χ3n) is 3.63. The van der Waals surface area contributed by atoms with Crippen LogP contribution in [0.3, 0.4) is 0 Å². The van der Waals surface area contributed by atoms with E-state index < -0.39 is 0 Å². The molecule has 0 aromatic heterocycles. The molecule has 0 fully saturated rings. The summed E-state index contributed by atoms with van der Waals surface area (Å²) in [4.78, 5) is 20.0. The van der Waals surface area contributed by atoms with Crippen molar-refractivity contribution in [3.05, 3.63) is 48.0 Å². The number of ether oxygens (including phenoxy) is 1. The lowest BCUT2D eigenvalue weighted by Crippen LogP contribution is -2.29. The van der Waals surface area contributed by atoms with Gasteiger partial charge in [0.15, 0.2) is 0 Å². The van der Waals surface area contributed by atoms with E-state index in [0.29, 0.717) is 17.0 Å². The Hall–Kier alpha value is -2.53. The van der Waals surface area contributed by atoms with E-state index in [0.717, 1.165) is 11.4 Å². The van der Waals surface area contributed by atoms with Gasteiger partial charge in [-0.15, -0.1) is 0 Å². The van der Waals surface area contributed by atoms with Crippen LogP contribution < -0.4 is 14.7 Å². The summed E-state index contributed by atoms with van der Waals surface area (Å²) in [6.07, 6.45) is 0. The van der Waals surface area contributed by atoms with E-state index >= 15 is 0 Å². The molecule has 2 aromatic rings. The molecule has 5 nitrogen and oxygen atoms in total. The van der Waals surface area contributed by atoms with Crippen molar-refractivity contribution in [2.24, 2.45) is 0 Å². The fourth-order valence-electron chi connectivity index (χ4n) is 2.55. The third-order valence-corrected chi connectivity index (χ3v) is 3.63. The van der Waals surface area contributed by atoms with Crippen LogP contribution in [0.15, 0.2) is 42.5 Å². The van der Waals surface area contributed by atoms with E-state index in [-0.39, 0.29) is 5.91 Å². The summed E-state index contributed by atoms with van der Waals surface area (Å²) in [5.41, 5.74) is 2.96. The molecule has 0 aliphatic carbocycles. The van der Waals surface area contributed by atoms with Crippen LogP contribution in [-0.2, 0) is 4.84 Å². The smallest absolute Gasteiger partial charge is 0.284 e. The maximum atomic E-state index is 12.7. The molecule has 1 heterocycles. The van der Waals surface area contributed by atoms with Gasteiger partial charge in [-0.2, -0.15) is 5.06 Å². The highest BCUT2D eigenvalue weighted by Gasteiger charge is 2.30. The molecule has 1 amide bonds. The lowest BCUT2D eigenvalue weighted by Gasteiger charge is -2.23. The van der Waals surface area contributed by atoms with Gasteiger partial charge in [0.1, 0.15) is 11.4 Å². The van der Waals surface area contributed by atoms with Crippen molar-refractivity contribution >= 4 is 23.0 Å². The predicted octanol–water partition coefficient (Wildman–Crippen LogP) is 2.98. The van der Waals surface area contributed by atoms with E-state index in [2.05, 4.69) is 0 Å². The molecule has 0 spiro atoms. The van der Waals surface area contributed by atoms with Crippen molar-refractivity contribution in [2.45, 2.75) is 0 Å². The van der Waals surface area contributed by atoms with Gasteiger partial charge in [-0.1, -0.05) is 12.1 Å². The summed E-state index contributed by atoms with van der Waals surface area (Å²) >= 11 is 0. The van der Waals surface area contributed by atoms with Gasteiger partial charge >= 0.3 is 0 Å². The second-order valence-corrected chi connectivity index (χ2v) is 4.71. The molecule has 0 atom stereocenters. The number of carbonyl (C=O) groups excluding carboxylic acids is 1. The van der Waals surface area contributed by atoms with Gasteiger partial charge in [0.25, 0.3) is 5.91 Å². The van der Waals surface area contributed by atoms with Crippen LogP contribution in [0.25, 0.3) is 0 Å². The van der Waals surface area contributed by atoms with Crippen LogP contribution in [-0.4, -0.2) is 27.2 Å². The van der Waals surface area contributed by atoms with Crippen molar-refractivity contribution in [1.29, 1.82) is 0 Å². The molecule has 5 heteroatoms. The molecule has 2 aromatic carbocycles. The lowest BCUT2D eigenvalue weighted by molar-refractivity contribution is 0.0776. The van der Waals surface area contributed by atoms with Crippen molar-refractivity contribution in [1.82, 2.24) is 0 Å². The quantitative estimate of drug-likeness (QED) is 0.850. The first-order valence-electron chi connectivity index (χ1n) is 6.56. The van der Waals surface area contributed by atoms with E-state index in [1.165, 1.54) is 12.2 Å². The molecule has 0 bridgehead atoms. The molecule has 1 aliphatic heterocycles. The van der Waals surface area contributed by atoms with Crippen LogP contribution in [0.1, 0.15) is 10.4 Å². The maximum Gasteiger partial charge on any atom is 0.284 e. The number of nitrogens with zero attached hydrogens (tertiary/aromatic N) is 2. The van der Waals surface area contributed by atoms with E-state index in [9.17, 15) is 4.79 Å². The Morgan fingerprint density at radius 3 is 2.43 bits per heavy atom. The van der Waals surface area contributed by atoms with Gasteiger partial charge < -0.3 is 9.64 Å². The van der Waals surface area contributed by atoms with Crippen LogP contribution >= 0.6 is 0 Å². The number of anilines is 3. The number of hydroxylamine groups is 1. The standard InChI is InChI=1S/C16H16N2O3/c1-17-13-7-5-4-6-12(13)16(19)18(21-3)15-10-11(20-2)8-9-14(15)17/h4-10H,1-3H3. The van der Waals surface area contributed by atoms with Gasteiger partial charge in [0.2, 0.25) is 0 Å². The van der Waals surface area contributed by atoms with E-state index in [1.54, 1.807) is 19.2 Å². The molecule has 3 rings (SSSR count). The molecule has 108 valence electrons. The SMILES string of the molecule is COc1ccc2c(c1)N(OC)C(=O)c1ccccc1N2C. The lowest BCUT2D eigenvalue weighted by atomic mass is 10.1. The molecule has 0 unspecified atom stereocenters. The predicted molar refractivity (Wildman–Crippen MR) is 81.3 cm³/mol. The van der Waals surface area contributed by atoms with Gasteiger partial charge in [-0.3, -0.25) is 9.63 Å². The Kier molecular flexibility index (Phi) is 3.27. The number of hydrogen-bond acceptors (Lipinski definition) is 4. The second kappa shape index (κ2) is 5.10. The number of rotatable bonds is 2. The fraction of sp³-hybridized carbons (Fsp3) is 0.188. The van der Waals surface area contributed by atoms with Gasteiger partial charge in [0.05, 0.1) is 31.2 Å². The average molecular weight is 284 g/mol. The Labute approximate surface area is 123 Å². The molecule has 0 saturated heterocycles. The normalized spacial score (nSPS) is 13.6. The highest BCUT2D eigenvalue weighted by Crippen LogP contribution is 2.41. The first-order chi connectivity index (χ1) is 10.2. The van der Waals surface area contributed by atoms with Gasteiger partial charge in [-0.25, -0.2) is 0 Å². The topological polar surface area (TPSA) is 42.0 Å². The van der Waals surface area contributed by atoms with Gasteiger partial charge in [0, 0.05) is 13.1 Å². The minimum atomic E-state index is -0.202. The summed E-state index contributed by atoms with van der Waals surface area (Å²) in [5.74, 6) is 0.468. The summed E-state index contributed by atoms with van der Waals surface area (Å²) in [7, 11) is 5.00. The average Bonchev–Trinajstić information content (AvgIpc) is 2.62. The van der Waals surface area contributed by atoms with Crippen LogP contribution in [0.2, 0.25) is 0 Å².